The number of fused-ring (bicyclic) bond motifs is 3. The number of hydrogen-bond acceptors (Lipinski definition) is 2. The van der Waals surface area contributed by atoms with Gasteiger partial charge < -0.3 is 5.32 Å². The van der Waals surface area contributed by atoms with Gasteiger partial charge in [0.25, 0.3) is 0 Å². The second-order valence-corrected chi connectivity index (χ2v) is 5.18. The lowest BCUT2D eigenvalue weighted by molar-refractivity contribution is 0.831. The normalized spacial score (nSPS) is 11.4. The van der Waals surface area contributed by atoms with Gasteiger partial charge in [0.05, 0.1) is 5.52 Å². The van der Waals surface area contributed by atoms with Crippen LogP contribution >= 0.6 is 0 Å². The predicted octanol–water partition coefficient (Wildman–Crippen LogP) is 4.55. The molecule has 96 valence electrons. The molecule has 0 unspecified atom stereocenters. The Morgan fingerprint density at radius 3 is 2.53 bits per heavy atom. The van der Waals surface area contributed by atoms with Crippen LogP contribution in [-0.2, 0) is 0 Å². The summed E-state index contributed by atoms with van der Waals surface area (Å²) in [5, 5.41) is 6.94. The zero-order chi connectivity index (χ0) is 13.4. The Balaban J connectivity index is 2.46. The van der Waals surface area contributed by atoms with Gasteiger partial charge in [-0.3, -0.25) is 4.98 Å². The molecule has 3 rings (SSSR count). The first kappa shape index (κ1) is 12.0. The quantitative estimate of drug-likeness (QED) is 0.675. The number of nitrogens with zero attached hydrogens (tertiary/aromatic N) is 1. The molecule has 0 aliphatic heterocycles. The van der Waals surface area contributed by atoms with Crippen molar-refractivity contribution in [2.24, 2.45) is 0 Å². The Kier molecular flexibility index (Phi) is 2.86. The second-order valence-electron chi connectivity index (χ2n) is 5.18. The highest BCUT2D eigenvalue weighted by Crippen LogP contribution is 2.31. The van der Waals surface area contributed by atoms with E-state index in [9.17, 15) is 0 Å². The van der Waals surface area contributed by atoms with Crippen molar-refractivity contribution >= 4 is 27.4 Å². The van der Waals surface area contributed by atoms with Gasteiger partial charge in [0.1, 0.15) is 0 Å². The molecule has 1 heterocycles. The predicted molar refractivity (Wildman–Crippen MR) is 82.9 cm³/mol. The Morgan fingerprint density at radius 2 is 1.79 bits per heavy atom. The lowest BCUT2D eigenvalue weighted by Crippen LogP contribution is -1.98. The average molecular weight is 250 g/mol. The molecule has 2 nitrogen and oxygen atoms in total. The van der Waals surface area contributed by atoms with E-state index in [1.807, 2.05) is 7.05 Å². The Morgan fingerprint density at radius 1 is 1.00 bits per heavy atom. The van der Waals surface area contributed by atoms with E-state index < -0.39 is 0 Å². The highest BCUT2D eigenvalue weighted by atomic mass is 14.8. The van der Waals surface area contributed by atoms with E-state index in [1.165, 1.54) is 16.2 Å². The minimum atomic E-state index is 0.426. The van der Waals surface area contributed by atoms with Gasteiger partial charge in [0.15, 0.2) is 0 Å². The molecule has 19 heavy (non-hydrogen) atoms. The van der Waals surface area contributed by atoms with Crippen molar-refractivity contribution in [3.8, 4) is 0 Å². The van der Waals surface area contributed by atoms with Gasteiger partial charge in [0, 0.05) is 29.2 Å². The minimum Gasteiger partial charge on any atom is -0.388 e. The summed E-state index contributed by atoms with van der Waals surface area (Å²) in [5.41, 5.74) is 3.38. The summed E-state index contributed by atoms with van der Waals surface area (Å²) in [5.74, 6) is 0.426. The van der Waals surface area contributed by atoms with E-state index in [4.69, 9.17) is 4.98 Å². The molecule has 0 aliphatic carbocycles. The first-order chi connectivity index (χ1) is 9.20. The fraction of sp³-hybridized carbons (Fsp3) is 0.235. The third-order valence-corrected chi connectivity index (χ3v) is 3.58. The van der Waals surface area contributed by atoms with Crippen LogP contribution in [-0.4, -0.2) is 12.0 Å². The number of rotatable bonds is 2. The fourth-order valence-electron chi connectivity index (χ4n) is 2.48. The lowest BCUT2D eigenvalue weighted by atomic mass is 10.0. The molecule has 0 saturated heterocycles. The van der Waals surface area contributed by atoms with E-state index in [-0.39, 0.29) is 0 Å². The molecule has 3 aromatic rings. The van der Waals surface area contributed by atoms with Crippen LogP contribution in [0, 0.1) is 0 Å². The Labute approximate surface area is 113 Å². The number of aromatic nitrogens is 1. The number of benzene rings is 2. The molecule has 0 spiro atoms. The number of hydrogen-bond donors (Lipinski definition) is 1. The van der Waals surface area contributed by atoms with Gasteiger partial charge in [0.2, 0.25) is 0 Å². The van der Waals surface area contributed by atoms with Gasteiger partial charge in [-0.15, -0.1) is 0 Å². The van der Waals surface area contributed by atoms with Crippen LogP contribution in [0.1, 0.15) is 25.5 Å². The fourth-order valence-corrected chi connectivity index (χ4v) is 2.48. The van der Waals surface area contributed by atoms with Crippen LogP contribution in [0.2, 0.25) is 0 Å². The molecule has 1 aromatic heterocycles. The first-order valence-corrected chi connectivity index (χ1v) is 6.71. The maximum absolute atomic E-state index is 4.87. The van der Waals surface area contributed by atoms with Crippen molar-refractivity contribution in [1.82, 2.24) is 4.98 Å². The van der Waals surface area contributed by atoms with Gasteiger partial charge in [-0.1, -0.05) is 50.2 Å². The van der Waals surface area contributed by atoms with Crippen molar-refractivity contribution in [3.05, 3.63) is 48.2 Å². The molecule has 0 amide bonds. The van der Waals surface area contributed by atoms with E-state index >= 15 is 0 Å². The molecule has 0 radical (unpaired) electrons. The van der Waals surface area contributed by atoms with Crippen LogP contribution < -0.4 is 5.32 Å². The van der Waals surface area contributed by atoms with Crippen LogP contribution in [0.15, 0.2) is 42.5 Å². The molecule has 0 aliphatic rings. The van der Waals surface area contributed by atoms with Crippen molar-refractivity contribution in [2.45, 2.75) is 19.8 Å². The van der Waals surface area contributed by atoms with Crippen LogP contribution in [0.25, 0.3) is 21.7 Å². The summed E-state index contributed by atoms with van der Waals surface area (Å²) in [6, 6.07) is 14.9. The molecule has 0 bridgehead atoms. The zero-order valence-electron chi connectivity index (χ0n) is 11.6. The summed E-state index contributed by atoms with van der Waals surface area (Å²) in [6.45, 7) is 4.36. The molecule has 2 aromatic carbocycles. The van der Waals surface area contributed by atoms with Crippen LogP contribution in [0.4, 0.5) is 5.69 Å². The topological polar surface area (TPSA) is 24.9 Å². The molecule has 1 N–H and O–H groups in total. The van der Waals surface area contributed by atoms with Crippen LogP contribution in [0.5, 0.6) is 0 Å². The molecular formula is C17H18N2. The molecule has 0 atom stereocenters. The molecular weight excluding hydrogens is 232 g/mol. The summed E-state index contributed by atoms with van der Waals surface area (Å²) < 4.78 is 0. The molecule has 0 saturated carbocycles. The van der Waals surface area contributed by atoms with E-state index in [0.717, 1.165) is 16.9 Å². The van der Waals surface area contributed by atoms with Crippen molar-refractivity contribution in [2.75, 3.05) is 12.4 Å². The Bertz CT molecular complexity index is 745. The summed E-state index contributed by atoms with van der Waals surface area (Å²) in [4.78, 5) is 4.87. The minimum absolute atomic E-state index is 0.426. The molecule has 2 heteroatoms. The number of pyridine rings is 1. The van der Waals surface area contributed by atoms with Gasteiger partial charge >= 0.3 is 0 Å². The molecule has 0 fully saturated rings. The highest BCUT2D eigenvalue weighted by molar-refractivity contribution is 6.09. The second kappa shape index (κ2) is 4.54. The monoisotopic (exact) mass is 250 g/mol. The van der Waals surface area contributed by atoms with Gasteiger partial charge in [-0.05, 0) is 17.4 Å². The largest absolute Gasteiger partial charge is 0.388 e. The maximum atomic E-state index is 4.87. The van der Waals surface area contributed by atoms with Crippen LogP contribution in [0.3, 0.4) is 0 Å². The van der Waals surface area contributed by atoms with Crippen molar-refractivity contribution in [1.29, 1.82) is 0 Å². The average Bonchev–Trinajstić information content (AvgIpc) is 2.45. The third-order valence-electron chi connectivity index (χ3n) is 3.58. The zero-order valence-corrected chi connectivity index (χ0v) is 11.6. The van der Waals surface area contributed by atoms with Crippen molar-refractivity contribution < 1.29 is 0 Å². The summed E-state index contributed by atoms with van der Waals surface area (Å²) >= 11 is 0. The number of anilines is 1. The smallest absolute Gasteiger partial charge is 0.0804 e. The van der Waals surface area contributed by atoms with Gasteiger partial charge in [-0.25, -0.2) is 0 Å². The summed E-state index contributed by atoms with van der Waals surface area (Å²) in [7, 11) is 1.97. The SMILES string of the molecule is CNc1cc(C(C)C)nc2c1ccc1ccccc12. The van der Waals surface area contributed by atoms with Crippen molar-refractivity contribution in [3.63, 3.8) is 0 Å². The maximum Gasteiger partial charge on any atom is 0.0804 e. The van der Waals surface area contributed by atoms with Gasteiger partial charge in [-0.2, -0.15) is 0 Å². The third kappa shape index (κ3) is 1.93. The Hall–Kier alpha value is -2.09. The van der Waals surface area contributed by atoms with E-state index in [1.54, 1.807) is 0 Å². The van der Waals surface area contributed by atoms with E-state index in [2.05, 4.69) is 61.6 Å². The summed E-state index contributed by atoms with van der Waals surface area (Å²) in [6.07, 6.45) is 0. The standard InChI is InChI=1S/C17H18N2/c1-11(2)15-10-16(18-3)14-9-8-12-6-4-5-7-13(12)17(14)19-15/h4-11H,1-3H3,(H,18,19). The highest BCUT2D eigenvalue weighted by Gasteiger charge is 2.10. The lowest BCUT2D eigenvalue weighted by Gasteiger charge is -2.13. The first-order valence-electron chi connectivity index (χ1n) is 6.71. The number of nitrogens with one attached hydrogen (secondary N) is 1. The van der Waals surface area contributed by atoms with E-state index in [0.29, 0.717) is 5.92 Å².